The Labute approximate surface area is 172 Å². The molecule has 2 heterocycles. The average molecular weight is 424 g/mol. The SMILES string of the molecule is COc1ccc(S(=O)(=O)N2CCN(C3CC(=O)N(CCC(C)C)C3=O)CC2)cc1. The van der Waals surface area contributed by atoms with Crippen LogP contribution >= 0.6 is 0 Å². The summed E-state index contributed by atoms with van der Waals surface area (Å²) in [5.41, 5.74) is 0. The number of piperazine rings is 1. The fraction of sp³-hybridized carbons (Fsp3) is 0.600. The molecule has 0 saturated carbocycles. The number of sulfonamides is 1. The van der Waals surface area contributed by atoms with Crippen LogP contribution in [0.5, 0.6) is 5.75 Å². The number of imide groups is 1. The van der Waals surface area contributed by atoms with Gasteiger partial charge in [0, 0.05) is 32.7 Å². The Kier molecular flexibility index (Phi) is 6.60. The number of ether oxygens (including phenoxy) is 1. The Morgan fingerprint density at radius 2 is 1.69 bits per heavy atom. The molecule has 1 unspecified atom stereocenters. The van der Waals surface area contributed by atoms with Crippen molar-refractivity contribution >= 4 is 21.8 Å². The first-order chi connectivity index (χ1) is 13.7. The fourth-order valence-corrected chi connectivity index (χ4v) is 5.15. The van der Waals surface area contributed by atoms with Crippen molar-refractivity contribution in [1.29, 1.82) is 0 Å². The van der Waals surface area contributed by atoms with Gasteiger partial charge in [-0.1, -0.05) is 13.8 Å². The van der Waals surface area contributed by atoms with E-state index in [1.54, 1.807) is 12.1 Å². The summed E-state index contributed by atoms with van der Waals surface area (Å²) in [5.74, 6) is 0.734. The summed E-state index contributed by atoms with van der Waals surface area (Å²) in [6.45, 7) is 6.01. The first-order valence-corrected chi connectivity index (χ1v) is 11.4. The summed E-state index contributed by atoms with van der Waals surface area (Å²) in [6.07, 6.45) is 0.972. The van der Waals surface area contributed by atoms with Gasteiger partial charge in [-0.15, -0.1) is 0 Å². The number of likely N-dealkylation sites (tertiary alicyclic amines) is 1. The fourth-order valence-electron chi connectivity index (χ4n) is 3.73. The summed E-state index contributed by atoms with van der Waals surface area (Å²) in [7, 11) is -2.07. The molecule has 8 nitrogen and oxygen atoms in total. The van der Waals surface area contributed by atoms with Gasteiger partial charge in [-0.3, -0.25) is 19.4 Å². The Morgan fingerprint density at radius 1 is 1.07 bits per heavy atom. The summed E-state index contributed by atoms with van der Waals surface area (Å²) in [6, 6.07) is 5.84. The maximum Gasteiger partial charge on any atom is 0.247 e. The van der Waals surface area contributed by atoms with E-state index in [1.807, 2.05) is 4.90 Å². The van der Waals surface area contributed by atoms with E-state index in [-0.39, 0.29) is 23.1 Å². The summed E-state index contributed by atoms with van der Waals surface area (Å²) in [4.78, 5) is 28.5. The Morgan fingerprint density at radius 3 is 2.24 bits per heavy atom. The lowest BCUT2D eigenvalue weighted by molar-refractivity contribution is -0.140. The van der Waals surface area contributed by atoms with Crippen molar-refractivity contribution in [2.24, 2.45) is 5.92 Å². The van der Waals surface area contributed by atoms with Crippen molar-refractivity contribution in [1.82, 2.24) is 14.1 Å². The van der Waals surface area contributed by atoms with E-state index in [0.29, 0.717) is 44.4 Å². The van der Waals surface area contributed by atoms with Gasteiger partial charge in [0.2, 0.25) is 21.8 Å². The van der Waals surface area contributed by atoms with E-state index in [1.165, 1.54) is 28.4 Å². The summed E-state index contributed by atoms with van der Waals surface area (Å²) < 4.78 is 32.3. The highest BCUT2D eigenvalue weighted by atomic mass is 32.2. The quantitative estimate of drug-likeness (QED) is 0.612. The zero-order valence-electron chi connectivity index (χ0n) is 17.2. The second kappa shape index (κ2) is 8.81. The van der Waals surface area contributed by atoms with Crippen molar-refractivity contribution < 1.29 is 22.7 Å². The van der Waals surface area contributed by atoms with E-state index in [9.17, 15) is 18.0 Å². The second-order valence-electron chi connectivity index (χ2n) is 7.90. The zero-order valence-corrected chi connectivity index (χ0v) is 18.0. The van der Waals surface area contributed by atoms with Crippen LogP contribution in [-0.2, 0) is 19.6 Å². The lowest BCUT2D eigenvalue weighted by Gasteiger charge is -2.36. The lowest BCUT2D eigenvalue weighted by atomic mass is 10.1. The van der Waals surface area contributed by atoms with Crippen molar-refractivity contribution in [2.75, 3.05) is 39.8 Å². The molecule has 2 aliphatic rings. The zero-order chi connectivity index (χ0) is 21.2. The van der Waals surface area contributed by atoms with Gasteiger partial charge in [-0.05, 0) is 36.6 Å². The van der Waals surface area contributed by atoms with Crippen LogP contribution in [0.3, 0.4) is 0 Å². The second-order valence-corrected chi connectivity index (χ2v) is 9.84. The minimum absolute atomic E-state index is 0.131. The van der Waals surface area contributed by atoms with Crippen LogP contribution in [0, 0.1) is 5.92 Å². The number of rotatable bonds is 7. The van der Waals surface area contributed by atoms with Gasteiger partial charge in [-0.25, -0.2) is 8.42 Å². The van der Waals surface area contributed by atoms with Crippen LogP contribution in [0.25, 0.3) is 0 Å². The minimum Gasteiger partial charge on any atom is -0.497 e. The highest BCUT2D eigenvalue weighted by Gasteiger charge is 2.43. The first kappa shape index (κ1) is 21.7. The van der Waals surface area contributed by atoms with Crippen molar-refractivity contribution in [3.05, 3.63) is 24.3 Å². The van der Waals surface area contributed by atoms with Crippen LogP contribution in [0.2, 0.25) is 0 Å². The van der Waals surface area contributed by atoms with Gasteiger partial charge in [0.15, 0.2) is 0 Å². The molecule has 9 heteroatoms. The van der Waals surface area contributed by atoms with Gasteiger partial charge in [0.1, 0.15) is 5.75 Å². The predicted octanol–water partition coefficient (Wildman–Crippen LogP) is 1.18. The van der Waals surface area contributed by atoms with Crippen LogP contribution in [0.1, 0.15) is 26.7 Å². The number of amides is 2. The topological polar surface area (TPSA) is 87.2 Å². The van der Waals surface area contributed by atoms with Crippen molar-refractivity contribution in [3.8, 4) is 5.75 Å². The molecular formula is C20H29N3O5S. The van der Waals surface area contributed by atoms with Gasteiger partial charge in [0.25, 0.3) is 0 Å². The molecule has 0 spiro atoms. The van der Waals surface area contributed by atoms with Crippen LogP contribution < -0.4 is 4.74 Å². The maximum absolute atomic E-state index is 12.9. The van der Waals surface area contributed by atoms with Crippen LogP contribution in [-0.4, -0.2) is 80.2 Å². The van der Waals surface area contributed by atoms with E-state index in [2.05, 4.69) is 13.8 Å². The molecule has 1 aromatic carbocycles. The third-order valence-electron chi connectivity index (χ3n) is 5.56. The maximum atomic E-state index is 12.9. The Bertz CT molecular complexity index is 845. The highest BCUT2D eigenvalue weighted by molar-refractivity contribution is 7.89. The average Bonchev–Trinajstić information content (AvgIpc) is 3.00. The molecule has 2 amide bonds. The molecule has 2 fully saturated rings. The summed E-state index contributed by atoms with van der Waals surface area (Å²) >= 11 is 0. The number of methoxy groups -OCH3 is 1. The molecule has 2 aliphatic heterocycles. The number of carbonyl (C=O) groups excluding carboxylic acids is 2. The molecule has 3 rings (SSSR count). The number of hydrogen-bond acceptors (Lipinski definition) is 6. The van der Waals surface area contributed by atoms with Gasteiger partial charge in [-0.2, -0.15) is 4.31 Å². The largest absolute Gasteiger partial charge is 0.497 e. The lowest BCUT2D eigenvalue weighted by Crippen LogP contribution is -2.53. The van der Waals surface area contributed by atoms with Crippen molar-refractivity contribution in [3.63, 3.8) is 0 Å². The van der Waals surface area contributed by atoms with E-state index < -0.39 is 16.1 Å². The molecule has 1 aromatic rings. The minimum atomic E-state index is -3.60. The van der Waals surface area contributed by atoms with E-state index in [0.717, 1.165) is 6.42 Å². The molecule has 0 bridgehead atoms. The third kappa shape index (κ3) is 4.62. The molecule has 2 saturated heterocycles. The molecule has 0 N–H and O–H groups in total. The molecule has 29 heavy (non-hydrogen) atoms. The number of carbonyl (C=O) groups is 2. The van der Waals surface area contributed by atoms with Gasteiger partial charge >= 0.3 is 0 Å². The van der Waals surface area contributed by atoms with Crippen LogP contribution in [0.4, 0.5) is 0 Å². The molecule has 0 aromatic heterocycles. The molecule has 0 radical (unpaired) electrons. The highest BCUT2D eigenvalue weighted by Crippen LogP contribution is 2.24. The smallest absolute Gasteiger partial charge is 0.247 e. The molecule has 1 atom stereocenters. The molecular weight excluding hydrogens is 394 g/mol. The monoisotopic (exact) mass is 423 g/mol. The first-order valence-electron chi connectivity index (χ1n) is 9.96. The standard InChI is InChI=1S/C20H29N3O5S/c1-15(2)8-9-23-19(24)14-18(20(23)25)21-10-12-22(13-11-21)29(26,27)17-6-4-16(28-3)5-7-17/h4-7,15,18H,8-14H2,1-3H3. The number of nitrogens with zero attached hydrogens (tertiary/aromatic N) is 3. The Hall–Kier alpha value is -1.97. The normalized spacial score (nSPS) is 21.9. The van der Waals surface area contributed by atoms with Gasteiger partial charge in [0.05, 0.1) is 24.5 Å². The molecule has 0 aliphatic carbocycles. The van der Waals surface area contributed by atoms with Gasteiger partial charge < -0.3 is 4.74 Å². The van der Waals surface area contributed by atoms with E-state index >= 15 is 0 Å². The summed E-state index contributed by atoms with van der Waals surface area (Å²) in [5, 5.41) is 0. The number of benzene rings is 1. The predicted molar refractivity (Wildman–Crippen MR) is 108 cm³/mol. The molecule has 160 valence electrons. The Balaban J connectivity index is 1.61. The third-order valence-corrected chi connectivity index (χ3v) is 7.47. The number of hydrogen-bond donors (Lipinski definition) is 0. The van der Waals surface area contributed by atoms with Crippen molar-refractivity contribution in [2.45, 2.75) is 37.6 Å². The van der Waals surface area contributed by atoms with E-state index in [4.69, 9.17) is 4.74 Å². The van der Waals surface area contributed by atoms with Crippen LogP contribution in [0.15, 0.2) is 29.2 Å².